The fourth-order valence-electron chi connectivity index (χ4n) is 3.21. The van der Waals surface area contributed by atoms with Gasteiger partial charge in [-0.25, -0.2) is 8.42 Å². The largest absolute Gasteiger partial charge is 0.491 e. The van der Waals surface area contributed by atoms with Gasteiger partial charge in [0, 0.05) is 24.3 Å². The van der Waals surface area contributed by atoms with E-state index in [1.165, 1.54) is 12.1 Å². The number of hydrogen-bond donors (Lipinski definition) is 2. The average molecular weight is 432 g/mol. The number of benzene rings is 2. The van der Waals surface area contributed by atoms with Crippen LogP contribution in [-0.2, 0) is 14.8 Å². The maximum atomic E-state index is 12.9. The SMILES string of the molecule is CCC(=O)Nc1ccc(S(=O)(=O)Nc2ccc3c(c2)C(=O)N(CC)CCO3)c(C)c1. The summed E-state index contributed by atoms with van der Waals surface area (Å²) in [5.74, 6) is 0.0884. The lowest BCUT2D eigenvalue weighted by atomic mass is 10.1. The summed E-state index contributed by atoms with van der Waals surface area (Å²) in [7, 11) is -3.90. The fraction of sp³-hybridized carbons (Fsp3) is 0.333. The van der Waals surface area contributed by atoms with Crippen LogP contribution in [0.2, 0.25) is 0 Å². The molecule has 1 aliphatic rings. The summed E-state index contributed by atoms with van der Waals surface area (Å²) < 4.78 is 34.0. The van der Waals surface area contributed by atoms with Gasteiger partial charge in [0.2, 0.25) is 5.91 Å². The number of sulfonamides is 1. The van der Waals surface area contributed by atoms with Gasteiger partial charge in [-0.1, -0.05) is 6.92 Å². The zero-order valence-electron chi connectivity index (χ0n) is 17.2. The molecule has 0 unspecified atom stereocenters. The number of amides is 2. The molecule has 0 saturated heterocycles. The molecule has 0 aliphatic carbocycles. The van der Waals surface area contributed by atoms with Gasteiger partial charge in [0.05, 0.1) is 17.0 Å². The summed E-state index contributed by atoms with van der Waals surface area (Å²) in [6.07, 6.45) is 0.330. The third-order valence-electron chi connectivity index (χ3n) is 4.82. The van der Waals surface area contributed by atoms with Crippen LogP contribution in [0.15, 0.2) is 41.3 Å². The molecule has 0 bridgehead atoms. The maximum Gasteiger partial charge on any atom is 0.262 e. The third-order valence-corrected chi connectivity index (χ3v) is 6.36. The second-order valence-corrected chi connectivity index (χ2v) is 8.58. The number of hydrogen-bond acceptors (Lipinski definition) is 5. The van der Waals surface area contributed by atoms with Gasteiger partial charge in [0.15, 0.2) is 0 Å². The lowest BCUT2D eigenvalue weighted by Crippen LogP contribution is -2.32. The van der Waals surface area contributed by atoms with Gasteiger partial charge >= 0.3 is 0 Å². The highest BCUT2D eigenvalue weighted by Crippen LogP contribution is 2.28. The Morgan fingerprint density at radius 3 is 2.53 bits per heavy atom. The minimum atomic E-state index is -3.90. The number of rotatable bonds is 6. The number of aryl methyl sites for hydroxylation is 1. The lowest BCUT2D eigenvalue weighted by molar-refractivity contribution is -0.115. The van der Waals surface area contributed by atoms with Gasteiger partial charge in [-0.15, -0.1) is 0 Å². The first kappa shape index (κ1) is 21.6. The molecule has 2 aromatic rings. The molecule has 2 aromatic carbocycles. The molecule has 0 fully saturated rings. The smallest absolute Gasteiger partial charge is 0.262 e. The monoisotopic (exact) mass is 431 g/mol. The molecule has 1 aliphatic heterocycles. The van der Waals surface area contributed by atoms with E-state index in [1.807, 2.05) is 6.92 Å². The number of likely N-dealkylation sites (N-methyl/N-ethyl adjacent to an activating group) is 1. The van der Waals surface area contributed by atoms with Crippen LogP contribution in [0.4, 0.5) is 11.4 Å². The van der Waals surface area contributed by atoms with Crippen LogP contribution in [-0.4, -0.2) is 44.8 Å². The number of fused-ring (bicyclic) bond motifs is 1. The highest BCUT2D eigenvalue weighted by atomic mass is 32.2. The van der Waals surface area contributed by atoms with Crippen molar-refractivity contribution >= 4 is 33.2 Å². The molecule has 0 spiro atoms. The summed E-state index contributed by atoms with van der Waals surface area (Å²) in [6.45, 7) is 6.68. The van der Waals surface area contributed by atoms with Gasteiger partial charge in [0.1, 0.15) is 12.4 Å². The van der Waals surface area contributed by atoms with Crippen molar-refractivity contribution in [3.05, 3.63) is 47.5 Å². The second-order valence-electron chi connectivity index (χ2n) is 6.93. The Morgan fingerprint density at radius 1 is 1.13 bits per heavy atom. The molecular weight excluding hydrogens is 406 g/mol. The van der Waals surface area contributed by atoms with Crippen molar-refractivity contribution in [2.75, 3.05) is 29.7 Å². The highest BCUT2D eigenvalue weighted by molar-refractivity contribution is 7.92. The predicted molar refractivity (Wildman–Crippen MR) is 114 cm³/mol. The van der Waals surface area contributed by atoms with Crippen LogP contribution in [0.3, 0.4) is 0 Å². The molecule has 0 radical (unpaired) electrons. The van der Waals surface area contributed by atoms with E-state index in [-0.39, 0.29) is 22.4 Å². The molecule has 0 saturated carbocycles. The zero-order chi connectivity index (χ0) is 21.9. The number of nitrogens with zero attached hydrogens (tertiary/aromatic N) is 1. The van der Waals surface area contributed by atoms with E-state index >= 15 is 0 Å². The van der Waals surface area contributed by atoms with E-state index in [4.69, 9.17) is 4.74 Å². The van der Waals surface area contributed by atoms with E-state index < -0.39 is 10.0 Å². The van der Waals surface area contributed by atoms with E-state index in [0.717, 1.165) is 0 Å². The molecule has 0 atom stereocenters. The molecule has 0 aromatic heterocycles. The van der Waals surface area contributed by atoms with Crippen molar-refractivity contribution < 1.29 is 22.7 Å². The zero-order valence-corrected chi connectivity index (χ0v) is 18.0. The Labute approximate surface area is 176 Å². The molecule has 9 heteroatoms. The minimum absolute atomic E-state index is 0.0877. The van der Waals surface area contributed by atoms with Crippen molar-refractivity contribution in [3.63, 3.8) is 0 Å². The first-order chi connectivity index (χ1) is 14.2. The quantitative estimate of drug-likeness (QED) is 0.732. The first-order valence-electron chi connectivity index (χ1n) is 9.74. The maximum absolute atomic E-state index is 12.9. The van der Waals surface area contributed by atoms with E-state index in [0.29, 0.717) is 48.7 Å². The van der Waals surface area contributed by atoms with E-state index in [9.17, 15) is 18.0 Å². The summed E-state index contributed by atoms with van der Waals surface area (Å²) in [5.41, 5.74) is 1.61. The van der Waals surface area contributed by atoms with Crippen LogP contribution in [0.1, 0.15) is 36.2 Å². The van der Waals surface area contributed by atoms with Gasteiger partial charge in [-0.2, -0.15) is 0 Å². The van der Waals surface area contributed by atoms with E-state index in [2.05, 4.69) is 10.0 Å². The highest BCUT2D eigenvalue weighted by Gasteiger charge is 2.24. The molecule has 1 heterocycles. The minimum Gasteiger partial charge on any atom is -0.491 e. The Balaban J connectivity index is 1.87. The van der Waals surface area contributed by atoms with Crippen molar-refractivity contribution in [2.45, 2.75) is 32.1 Å². The van der Waals surface area contributed by atoms with Gasteiger partial charge < -0.3 is 15.0 Å². The van der Waals surface area contributed by atoms with Crippen molar-refractivity contribution in [1.82, 2.24) is 4.90 Å². The van der Waals surface area contributed by atoms with Gasteiger partial charge in [-0.05, 0) is 55.8 Å². The molecule has 30 heavy (non-hydrogen) atoms. The van der Waals surface area contributed by atoms with Crippen LogP contribution in [0.5, 0.6) is 5.75 Å². The molecule has 8 nitrogen and oxygen atoms in total. The third kappa shape index (κ3) is 4.56. The summed E-state index contributed by atoms with van der Waals surface area (Å²) in [4.78, 5) is 26.0. The van der Waals surface area contributed by atoms with E-state index in [1.54, 1.807) is 43.0 Å². The molecule has 2 amide bonds. The Kier molecular flexibility index (Phi) is 6.31. The topological polar surface area (TPSA) is 105 Å². The number of carbonyl (C=O) groups excluding carboxylic acids is 2. The van der Waals surface area contributed by atoms with Crippen LogP contribution >= 0.6 is 0 Å². The number of ether oxygens (including phenoxy) is 1. The molecule has 2 N–H and O–H groups in total. The standard InChI is InChI=1S/C21H25N3O5S/c1-4-20(25)22-15-7-9-19(14(3)12-15)30(27,28)23-16-6-8-18-17(13-16)21(26)24(5-2)10-11-29-18/h6-9,12-13,23H,4-5,10-11H2,1-3H3,(H,22,25). The number of carbonyl (C=O) groups is 2. The van der Waals surface area contributed by atoms with Crippen LogP contribution < -0.4 is 14.8 Å². The normalized spacial score (nSPS) is 13.8. The number of nitrogens with one attached hydrogen (secondary N) is 2. The van der Waals surface area contributed by atoms with Crippen molar-refractivity contribution in [1.29, 1.82) is 0 Å². The lowest BCUT2D eigenvalue weighted by Gasteiger charge is -2.17. The number of anilines is 2. The average Bonchev–Trinajstić information content (AvgIpc) is 2.86. The Hall–Kier alpha value is -3.07. The Bertz CT molecular complexity index is 1080. The van der Waals surface area contributed by atoms with Crippen molar-refractivity contribution in [3.8, 4) is 5.75 Å². The van der Waals surface area contributed by atoms with Gasteiger partial charge in [-0.3, -0.25) is 14.3 Å². The molecular formula is C21H25N3O5S. The molecule has 160 valence electrons. The predicted octanol–water partition coefficient (Wildman–Crippen LogP) is 3.00. The fourth-order valence-corrected chi connectivity index (χ4v) is 4.49. The molecule has 3 rings (SSSR count). The summed E-state index contributed by atoms with van der Waals surface area (Å²) in [6, 6.07) is 9.25. The summed E-state index contributed by atoms with van der Waals surface area (Å²) in [5, 5.41) is 2.71. The van der Waals surface area contributed by atoms with Crippen LogP contribution in [0, 0.1) is 6.92 Å². The Morgan fingerprint density at radius 2 is 1.87 bits per heavy atom. The second kappa shape index (κ2) is 8.74. The van der Waals surface area contributed by atoms with Crippen molar-refractivity contribution in [2.24, 2.45) is 0 Å². The van der Waals surface area contributed by atoms with Crippen LogP contribution in [0.25, 0.3) is 0 Å². The first-order valence-corrected chi connectivity index (χ1v) is 11.2. The summed E-state index contributed by atoms with van der Waals surface area (Å²) >= 11 is 0. The van der Waals surface area contributed by atoms with Gasteiger partial charge in [0.25, 0.3) is 15.9 Å².